The number of anilines is 2. The van der Waals surface area contributed by atoms with Crippen LogP contribution in [0.4, 0.5) is 24.5 Å². The highest BCUT2D eigenvalue weighted by Crippen LogP contribution is 2.30. The molecule has 134 valence electrons. The van der Waals surface area contributed by atoms with Gasteiger partial charge in [-0.15, -0.1) is 0 Å². The van der Waals surface area contributed by atoms with Crippen LogP contribution in [0.5, 0.6) is 0 Å². The van der Waals surface area contributed by atoms with Crippen molar-refractivity contribution in [3.05, 3.63) is 59.7 Å². The minimum absolute atomic E-state index is 0.0145. The van der Waals surface area contributed by atoms with Gasteiger partial charge in [-0.3, -0.25) is 9.52 Å². The fourth-order valence-corrected chi connectivity index (χ4v) is 2.58. The van der Waals surface area contributed by atoms with Crippen LogP contribution in [0.25, 0.3) is 0 Å². The average Bonchev–Trinajstić information content (AvgIpc) is 2.54. The van der Waals surface area contributed by atoms with Crippen molar-refractivity contribution in [3.8, 4) is 0 Å². The molecule has 25 heavy (non-hydrogen) atoms. The predicted molar refractivity (Wildman–Crippen MR) is 88.9 cm³/mol. The van der Waals surface area contributed by atoms with Crippen molar-refractivity contribution in [1.29, 1.82) is 0 Å². The highest BCUT2D eigenvalue weighted by Gasteiger charge is 2.30. The van der Waals surface area contributed by atoms with Gasteiger partial charge in [-0.2, -0.15) is 13.2 Å². The second kappa shape index (κ2) is 7.14. The van der Waals surface area contributed by atoms with Crippen molar-refractivity contribution in [1.82, 2.24) is 0 Å². The van der Waals surface area contributed by atoms with E-state index in [0.717, 1.165) is 12.1 Å². The minimum atomic E-state index is -4.51. The van der Waals surface area contributed by atoms with Gasteiger partial charge in [-0.25, -0.2) is 8.42 Å². The first-order chi connectivity index (χ1) is 11.6. The van der Waals surface area contributed by atoms with E-state index in [2.05, 4.69) is 10.0 Å². The van der Waals surface area contributed by atoms with Gasteiger partial charge in [-0.1, -0.05) is 12.1 Å². The Bertz CT molecular complexity index is 880. The molecule has 0 radical (unpaired) electrons. The lowest BCUT2D eigenvalue weighted by molar-refractivity contribution is -0.137. The summed E-state index contributed by atoms with van der Waals surface area (Å²) in [5, 5.41) is 2.36. The van der Waals surface area contributed by atoms with Crippen LogP contribution in [0.2, 0.25) is 0 Å². The van der Waals surface area contributed by atoms with E-state index >= 15 is 0 Å². The molecule has 0 aliphatic heterocycles. The maximum absolute atomic E-state index is 12.7. The fraction of sp³-hybridized carbons (Fsp3) is 0.188. The molecule has 2 aromatic rings. The van der Waals surface area contributed by atoms with Crippen LogP contribution in [0.3, 0.4) is 0 Å². The van der Waals surface area contributed by atoms with Crippen molar-refractivity contribution in [2.75, 3.05) is 15.8 Å². The number of nitrogens with one attached hydrogen (secondary N) is 2. The number of alkyl halides is 3. The highest BCUT2D eigenvalue weighted by atomic mass is 32.2. The van der Waals surface area contributed by atoms with Gasteiger partial charge < -0.3 is 5.32 Å². The number of amides is 1. The Labute approximate surface area is 142 Å². The Balaban J connectivity index is 2.19. The quantitative estimate of drug-likeness (QED) is 0.840. The van der Waals surface area contributed by atoms with E-state index < -0.39 is 27.7 Å². The second-order valence-corrected chi connectivity index (χ2v) is 7.13. The van der Waals surface area contributed by atoms with Crippen LogP contribution in [0, 0.1) is 0 Å². The molecule has 0 saturated carbocycles. The van der Waals surface area contributed by atoms with Gasteiger partial charge in [0.05, 0.1) is 11.3 Å². The van der Waals surface area contributed by atoms with Gasteiger partial charge >= 0.3 is 6.18 Å². The second-order valence-electron chi connectivity index (χ2n) is 5.12. The van der Waals surface area contributed by atoms with E-state index in [1.54, 1.807) is 0 Å². The molecule has 0 heterocycles. The summed E-state index contributed by atoms with van der Waals surface area (Å²) in [6.07, 6.45) is -4.51. The normalized spacial score (nSPS) is 11.8. The van der Waals surface area contributed by atoms with E-state index in [-0.39, 0.29) is 22.7 Å². The molecule has 2 N–H and O–H groups in total. The molecular weight excluding hydrogens is 357 g/mol. The number of rotatable bonds is 5. The Hall–Kier alpha value is -2.55. The molecule has 0 aliphatic rings. The van der Waals surface area contributed by atoms with Crippen LogP contribution in [-0.2, 0) is 16.2 Å². The van der Waals surface area contributed by atoms with Crippen LogP contribution >= 0.6 is 0 Å². The number of halogens is 3. The maximum Gasteiger partial charge on any atom is 0.416 e. The zero-order valence-electron chi connectivity index (χ0n) is 13.1. The third kappa shape index (κ3) is 5.21. The summed E-state index contributed by atoms with van der Waals surface area (Å²) in [6.45, 7) is 1.46. The Morgan fingerprint density at radius 2 is 1.68 bits per heavy atom. The molecule has 0 fully saturated rings. The smallest absolute Gasteiger partial charge is 0.322 e. The first kappa shape index (κ1) is 18.8. The van der Waals surface area contributed by atoms with Gasteiger partial charge in [0.25, 0.3) is 5.91 Å². The van der Waals surface area contributed by atoms with Crippen LogP contribution < -0.4 is 10.0 Å². The molecule has 0 spiro atoms. The van der Waals surface area contributed by atoms with E-state index in [1.807, 2.05) is 0 Å². The molecule has 0 bridgehead atoms. The SMILES string of the molecule is CCS(=O)(=O)Nc1cccc(C(=O)Nc2cccc(C(F)(F)F)c2)c1. The average molecular weight is 372 g/mol. The summed E-state index contributed by atoms with van der Waals surface area (Å²) in [7, 11) is -3.50. The lowest BCUT2D eigenvalue weighted by Gasteiger charge is -2.11. The zero-order chi connectivity index (χ0) is 18.7. The molecule has 0 aromatic heterocycles. The third-order valence-corrected chi connectivity index (χ3v) is 4.53. The monoisotopic (exact) mass is 372 g/mol. The van der Waals surface area contributed by atoms with Crippen LogP contribution in [0.15, 0.2) is 48.5 Å². The molecular formula is C16H15F3N2O3S. The standard InChI is InChI=1S/C16H15F3N2O3S/c1-2-25(23,24)21-14-8-3-5-11(9-14)15(22)20-13-7-4-6-12(10-13)16(17,18)19/h3-10,21H,2H2,1H3,(H,20,22). The summed E-state index contributed by atoms with van der Waals surface area (Å²) in [5.74, 6) is -0.787. The van der Waals surface area contributed by atoms with Gasteiger partial charge in [-0.05, 0) is 43.3 Å². The van der Waals surface area contributed by atoms with Crippen molar-refractivity contribution >= 4 is 27.3 Å². The summed E-state index contributed by atoms with van der Waals surface area (Å²) < 4.78 is 63.5. The fourth-order valence-electron chi connectivity index (χ4n) is 1.95. The molecule has 0 saturated heterocycles. The topological polar surface area (TPSA) is 75.3 Å². The van der Waals surface area contributed by atoms with Gasteiger partial charge in [0.15, 0.2) is 0 Å². The zero-order valence-corrected chi connectivity index (χ0v) is 13.9. The Kier molecular flexibility index (Phi) is 5.36. The Morgan fingerprint density at radius 3 is 2.32 bits per heavy atom. The predicted octanol–water partition coefficient (Wildman–Crippen LogP) is 3.72. The van der Waals surface area contributed by atoms with Crippen LogP contribution in [0.1, 0.15) is 22.8 Å². The number of hydrogen-bond donors (Lipinski definition) is 2. The number of benzene rings is 2. The summed E-state index contributed by atoms with van der Waals surface area (Å²) in [4.78, 5) is 12.2. The molecule has 5 nitrogen and oxygen atoms in total. The van der Waals surface area contributed by atoms with E-state index in [0.29, 0.717) is 0 Å². The first-order valence-electron chi connectivity index (χ1n) is 7.20. The maximum atomic E-state index is 12.7. The largest absolute Gasteiger partial charge is 0.416 e. The number of carbonyl (C=O) groups is 1. The third-order valence-electron chi connectivity index (χ3n) is 3.23. The molecule has 9 heteroatoms. The van der Waals surface area contributed by atoms with Crippen molar-refractivity contribution in [2.24, 2.45) is 0 Å². The molecule has 1 amide bonds. The molecule has 2 aromatic carbocycles. The number of hydrogen-bond acceptors (Lipinski definition) is 3. The van der Waals surface area contributed by atoms with Gasteiger partial charge in [0.2, 0.25) is 10.0 Å². The molecule has 0 atom stereocenters. The minimum Gasteiger partial charge on any atom is -0.322 e. The van der Waals surface area contributed by atoms with Crippen LogP contribution in [-0.4, -0.2) is 20.1 Å². The molecule has 2 rings (SSSR count). The summed E-state index contributed by atoms with van der Waals surface area (Å²) in [6, 6.07) is 9.89. The molecule has 0 aliphatic carbocycles. The van der Waals surface area contributed by atoms with Crippen molar-refractivity contribution < 1.29 is 26.4 Å². The van der Waals surface area contributed by atoms with Gasteiger partial charge in [0.1, 0.15) is 0 Å². The van der Waals surface area contributed by atoms with E-state index in [4.69, 9.17) is 0 Å². The highest BCUT2D eigenvalue weighted by molar-refractivity contribution is 7.92. The lowest BCUT2D eigenvalue weighted by atomic mass is 10.1. The Morgan fingerprint density at radius 1 is 1.04 bits per heavy atom. The van der Waals surface area contributed by atoms with Crippen molar-refractivity contribution in [2.45, 2.75) is 13.1 Å². The van der Waals surface area contributed by atoms with Gasteiger partial charge in [0, 0.05) is 16.9 Å². The summed E-state index contributed by atoms with van der Waals surface area (Å²) >= 11 is 0. The number of sulfonamides is 1. The molecule has 0 unspecified atom stereocenters. The number of carbonyl (C=O) groups excluding carboxylic acids is 1. The van der Waals surface area contributed by atoms with E-state index in [1.165, 1.54) is 43.3 Å². The summed E-state index contributed by atoms with van der Waals surface area (Å²) in [5.41, 5.74) is -0.596. The van der Waals surface area contributed by atoms with Crippen molar-refractivity contribution in [3.63, 3.8) is 0 Å². The lowest BCUT2D eigenvalue weighted by Crippen LogP contribution is -2.16. The first-order valence-corrected chi connectivity index (χ1v) is 8.85. The van der Waals surface area contributed by atoms with E-state index in [9.17, 15) is 26.4 Å².